The first-order chi connectivity index (χ1) is 10.2. The Morgan fingerprint density at radius 1 is 1.33 bits per heavy atom. The fourth-order valence-corrected chi connectivity index (χ4v) is 2.52. The van der Waals surface area contributed by atoms with Gasteiger partial charge in [-0.25, -0.2) is 0 Å². The maximum absolute atomic E-state index is 12.5. The molecule has 1 atom stereocenters. The topological polar surface area (TPSA) is 49.3 Å². The molecular formula is C18H23NO2. The van der Waals surface area contributed by atoms with Gasteiger partial charge in [0, 0.05) is 12.8 Å². The van der Waals surface area contributed by atoms with Gasteiger partial charge >= 0.3 is 0 Å². The van der Waals surface area contributed by atoms with E-state index in [1.165, 1.54) is 0 Å². The van der Waals surface area contributed by atoms with Gasteiger partial charge in [-0.15, -0.1) is 5.92 Å². The lowest BCUT2D eigenvalue weighted by Crippen LogP contribution is -2.38. The molecule has 2 rings (SSSR count). The van der Waals surface area contributed by atoms with Gasteiger partial charge in [0.15, 0.2) is 11.4 Å². The minimum Gasteiger partial charge on any atom is -0.377 e. The summed E-state index contributed by atoms with van der Waals surface area (Å²) in [5, 5.41) is 14.0. The highest BCUT2D eigenvalue weighted by Crippen LogP contribution is 2.46. The molecule has 21 heavy (non-hydrogen) atoms. The van der Waals surface area contributed by atoms with E-state index in [4.69, 9.17) is 0 Å². The quantitative estimate of drug-likeness (QED) is 0.597. The van der Waals surface area contributed by atoms with Crippen molar-refractivity contribution in [3.63, 3.8) is 0 Å². The maximum Gasteiger partial charge on any atom is 0.170 e. The van der Waals surface area contributed by atoms with Gasteiger partial charge in [0.1, 0.15) is 0 Å². The molecule has 0 heterocycles. The summed E-state index contributed by atoms with van der Waals surface area (Å²) >= 11 is 0. The Morgan fingerprint density at radius 3 is 2.67 bits per heavy atom. The number of benzene rings is 1. The Bertz CT molecular complexity index is 525. The van der Waals surface area contributed by atoms with Crippen LogP contribution in [-0.4, -0.2) is 24.0 Å². The summed E-state index contributed by atoms with van der Waals surface area (Å²) in [6.07, 6.45) is 2.65. The van der Waals surface area contributed by atoms with Crippen LogP contribution in [0.3, 0.4) is 0 Å². The smallest absolute Gasteiger partial charge is 0.170 e. The second kappa shape index (κ2) is 7.40. The summed E-state index contributed by atoms with van der Waals surface area (Å²) in [4.78, 5) is 12.5. The number of nitrogens with one attached hydrogen (secondary N) is 1. The minimum atomic E-state index is -1.31. The summed E-state index contributed by atoms with van der Waals surface area (Å²) in [6.45, 7) is 3.57. The Morgan fingerprint density at radius 2 is 2.05 bits per heavy atom. The number of hydrogen-bond donors (Lipinski definition) is 2. The van der Waals surface area contributed by atoms with E-state index in [1.807, 2.05) is 37.3 Å². The first kappa shape index (κ1) is 15.8. The highest BCUT2D eigenvalue weighted by atomic mass is 16.3. The van der Waals surface area contributed by atoms with E-state index in [-0.39, 0.29) is 11.7 Å². The molecule has 2 N–H and O–H groups in total. The van der Waals surface area contributed by atoms with Gasteiger partial charge in [-0.1, -0.05) is 43.2 Å². The molecule has 0 amide bonds. The monoisotopic (exact) mass is 285 g/mol. The van der Waals surface area contributed by atoms with E-state index >= 15 is 0 Å². The fraction of sp³-hybridized carbons (Fsp3) is 0.500. The second-order valence-electron chi connectivity index (χ2n) is 5.46. The number of hydrogen-bond acceptors (Lipinski definition) is 3. The van der Waals surface area contributed by atoms with Crippen molar-refractivity contribution in [1.29, 1.82) is 0 Å². The Hall–Kier alpha value is -1.63. The zero-order valence-electron chi connectivity index (χ0n) is 12.6. The van der Waals surface area contributed by atoms with E-state index in [9.17, 15) is 9.90 Å². The van der Waals surface area contributed by atoms with Crippen molar-refractivity contribution < 1.29 is 9.90 Å². The Kier molecular flexibility index (Phi) is 5.55. The third kappa shape index (κ3) is 3.93. The lowest BCUT2D eigenvalue weighted by atomic mass is 9.83. The van der Waals surface area contributed by atoms with Crippen LogP contribution in [0, 0.1) is 17.8 Å². The van der Waals surface area contributed by atoms with Crippen LogP contribution in [0.1, 0.15) is 38.2 Å². The predicted octanol–water partition coefficient (Wildman–Crippen LogP) is 2.25. The van der Waals surface area contributed by atoms with Gasteiger partial charge in [0.05, 0.1) is 6.54 Å². The van der Waals surface area contributed by atoms with Gasteiger partial charge in [-0.05, 0) is 30.9 Å². The van der Waals surface area contributed by atoms with Gasteiger partial charge in [0.25, 0.3) is 0 Å². The molecule has 1 aromatic carbocycles. The van der Waals surface area contributed by atoms with Gasteiger partial charge in [-0.2, -0.15) is 0 Å². The third-order valence-corrected chi connectivity index (χ3v) is 3.87. The Labute approximate surface area is 126 Å². The molecule has 1 saturated carbocycles. The lowest BCUT2D eigenvalue weighted by Gasteiger charge is -2.27. The van der Waals surface area contributed by atoms with E-state index < -0.39 is 5.60 Å². The van der Waals surface area contributed by atoms with Crippen LogP contribution in [0.5, 0.6) is 0 Å². The number of carbonyl (C=O) groups excluding carboxylic acids is 1. The summed E-state index contributed by atoms with van der Waals surface area (Å²) < 4.78 is 0. The summed E-state index contributed by atoms with van der Waals surface area (Å²) in [5.74, 6) is 5.94. The first-order valence-electron chi connectivity index (χ1n) is 7.67. The molecule has 0 radical (unpaired) electrons. The van der Waals surface area contributed by atoms with Crippen LogP contribution in [0.25, 0.3) is 0 Å². The van der Waals surface area contributed by atoms with Gasteiger partial charge in [-0.3, -0.25) is 4.79 Å². The van der Waals surface area contributed by atoms with Crippen molar-refractivity contribution in [2.75, 3.05) is 13.1 Å². The average Bonchev–Trinajstić information content (AvgIpc) is 3.35. The van der Waals surface area contributed by atoms with Crippen LogP contribution in [-0.2, 0) is 10.4 Å². The van der Waals surface area contributed by atoms with Crippen LogP contribution in [0.2, 0.25) is 0 Å². The van der Waals surface area contributed by atoms with Crippen molar-refractivity contribution in [3.8, 4) is 11.8 Å². The van der Waals surface area contributed by atoms with E-state index in [2.05, 4.69) is 17.2 Å². The Balaban J connectivity index is 1.98. The van der Waals surface area contributed by atoms with Crippen LogP contribution >= 0.6 is 0 Å². The van der Waals surface area contributed by atoms with Crippen LogP contribution < -0.4 is 5.32 Å². The van der Waals surface area contributed by atoms with Crippen molar-refractivity contribution >= 4 is 5.78 Å². The maximum atomic E-state index is 12.5. The summed E-state index contributed by atoms with van der Waals surface area (Å²) in [5.41, 5.74) is -0.594. The summed E-state index contributed by atoms with van der Waals surface area (Å²) in [6, 6.07) is 9.31. The molecule has 0 aromatic heterocycles. The molecule has 1 aromatic rings. The van der Waals surface area contributed by atoms with Crippen molar-refractivity contribution in [2.45, 2.75) is 38.2 Å². The standard InChI is InChI=1S/C18H23NO2/c1-2-19-14-8-4-7-11-17(20)18(21,16-12-13-16)15-9-5-3-6-10-15/h3,5-6,9-10,16,19,21H,2,7,11-14H2,1H3/t18-/m0/s1. The van der Waals surface area contributed by atoms with Crippen LogP contribution in [0.4, 0.5) is 0 Å². The highest BCUT2D eigenvalue weighted by molar-refractivity contribution is 5.89. The molecule has 0 spiro atoms. The SMILES string of the molecule is CCNCC#CCCC(=O)[C@](O)(c1ccccc1)C1CC1. The number of aliphatic hydroxyl groups is 1. The molecule has 0 aliphatic heterocycles. The zero-order valence-corrected chi connectivity index (χ0v) is 12.6. The molecule has 0 unspecified atom stereocenters. The normalized spacial score (nSPS) is 16.7. The highest BCUT2D eigenvalue weighted by Gasteiger charge is 2.49. The minimum absolute atomic E-state index is 0.0714. The van der Waals surface area contributed by atoms with E-state index in [0.717, 1.165) is 24.9 Å². The van der Waals surface area contributed by atoms with Crippen molar-refractivity contribution in [2.24, 2.45) is 5.92 Å². The lowest BCUT2D eigenvalue weighted by molar-refractivity contribution is -0.140. The number of ketones is 1. The fourth-order valence-electron chi connectivity index (χ4n) is 2.52. The molecule has 3 heteroatoms. The molecule has 1 aliphatic rings. The molecule has 0 saturated heterocycles. The van der Waals surface area contributed by atoms with E-state index in [1.54, 1.807) is 0 Å². The summed E-state index contributed by atoms with van der Waals surface area (Å²) in [7, 11) is 0. The van der Waals surface area contributed by atoms with Crippen molar-refractivity contribution in [1.82, 2.24) is 5.32 Å². The molecule has 0 bridgehead atoms. The molecular weight excluding hydrogens is 262 g/mol. The molecule has 112 valence electrons. The second-order valence-corrected chi connectivity index (χ2v) is 5.46. The molecule has 1 fully saturated rings. The first-order valence-corrected chi connectivity index (χ1v) is 7.67. The van der Waals surface area contributed by atoms with Crippen molar-refractivity contribution in [3.05, 3.63) is 35.9 Å². The largest absolute Gasteiger partial charge is 0.377 e. The third-order valence-electron chi connectivity index (χ3n) is 3.87. The molecule has 3 nitrogen and oxygen atoms in total. The predicted molar refractivity (Wildman–Crippen MR) is 83.6 cm³/mol. The van der Waals surface area contributed by atoms with Gasteiger partial charge in [0.2, 0.25) is 0 Å². The number of rotatable bonds is 7. The number of Topliss-reactive ketones (excluding diaryl/α,β-unsaturated/α-hetero) is 1. The average molecular weight is 285 g/mol. The van der Waals surface area contributed by atoms with Gasteiger partial charge < -0.3 is 10.4 Å². The number of carbonyl (C=O) groups is 1. The zero-order chi connectivity index (χ0) is 15.1. The van der Waals surface area contributed by atoms with E-state index in [0.29, 0.717) is 19.4 Å². The molecule has 1 aliphatic carbocycles. The van der Waals surface area contributed by atoms with Crippen LogP contribution in [0.15, 0.2) is 30.3 Å².